The first kappa shape index (κ1) is 18.5. The SMILES string of the molecule is Cc1ccc(NC(=O)CN2c3ccccc3S(=O)(=O)c3ccccc32)c(Cl)c1. The summed E-state index contributed by atoms with van der Waals surface area (Å²) in [5.74, 6) is -0.297. The number of fused-ring (bicyclic) bond motifs is 2. The van der Waals surface area contributed by atoms with Crippen molar-refractivity contribution in [3.8, 4) is 0 Å². The molecule has 4 rings (SSSR count). The van der Waals surface area contributed by atoms with Crippen molar-refractivity contribution >= 4 is 44.4 Å². The molecule has 1 amide bonds. The molecule has 0 spiro atoms. The molecule has 0 atom stereocenters. The lowest BCUT2D eigenvalue weighted by molar-refractivity contribution is -0.114. The molecule has 1 heterocycles. The van der Waals surface area contributed by atoms with Gasteiger partial charge in [-0.3, -0.25) is 4.79 Å². The molecule has 28 heavy (non-hydrogen) atoms. The highest BCUT2D eigenvalue weighted by atomic mass is 35.5. The summed E-state index contributed by atoms with van der Waals surface area (Å²) < 4.78 is 25.9. The number of benzene rings is 3. The monoisotopic (exact) mass is 412 g/mol. The van der Waals surface area contributed by atoms with Crippen LogP contribution in [0.1, 0.15) is 5.56 Å². The number of para-hydroxylation sites is 2. The zero-order valence-corrected chi connectivity index (χ0v) is 16.6. The Hall–Kier alpha value is -2.83. The first-order chi connectivity index (χ1) is 13.4. The molecule has 0 saturated carbocycles. The van der Waals surface area contributed by atoms with Gasteiger partial charge < -0.3 is 10.2 Å². The summed E-state index contributed by atoms with van der Waals surface area (Å²) in [6.45, 7) is 1.87. The standard InChI is InChI=1S/C21H17ClN2O3S/c1-14-10-11-16(15(22)12-14)23-21(25)13-24-17-6-2-4-8-19(17)28(26,27)20-9-5-3-7-18(20)24/h2-12H,13H2,1H3,(H,23,25). The number of halogens is 1. The number of hydrogen-bond donors (Lipinski definition) is 1. The zero-order chi connectivity index (χ0) is 19.9. The number of aryl methyl sites for hydroxylation is 1. The van der Waals surface area contributed by atoms with E-state index >= 15 is 0 Å². The fraction of sp³-hybridized carbons (Fsp3) is 0.0952. The van der Waals surface area contributed by atoms with Crippen molar-refractivity contribution < 1.29 is 13.2 Å². The lowest BCUT2D eigenvalue weighted by Gasteiger charge is -2.32. The number of rotatable bonds is 3. The van der Waals surface area contributed by atoms with E-state index < -0.39 is 9.84 Å². The molecule has 0 fully saturated rings. The summed E-state index contributed by atoms with van der Waals surface area (Å²) in [5.41, 5.74) is 2.47. The second kappa shape index (κ2) is 6.96. The Morgan fingerprint density at radius 3 is 2.11 bits per heavy atom. The van der Waals surface area contributed by atoms with Gasteiger partial charge in [0.05, 0.1) is 31.9 Å². The minimum Gasteiger partial charge on any atom is -0.330 e. The topological polar surface area (TPSA) is 66.5 Å². The van der Waals surface area contributed by atoms with Crippen molar-refractivity contribution in [2.75, 3.05) is 16.8 Å². The number of carbonyl (C=O) groups excluding carboxylic acids is 1. The lowest BCUT2D eigenvalue weighted by Crippen LogP contribution is -2.33. The Labute approximate surface area is 168 Å². The van der Waals surface area contributed by atoms with Gasteiger partial charge in [-0.05, 0) is 48.9 Å². The highest BCUT2D eigenvalue weighted by Crippen LogP contribution is 2.43. The van der Waals surface area contributed by atoms with Crippen molar-refractivity contribution in [3.63, 3.8) is 0 Å². The molecule has 142 valence electrons. The van der Waals surface area contributed by atoms with Crippen LogP contribution < -0.4 is 10.2 Å². The Morgan fingerprint density at radius 1 is 0.964 bits per heavy atom. The van der Waals surface area contributed by atoms with Crippen LogP contribution in [-0.2, 0) is 14.6 Å². The van der Waals surface area contributed by atoms with Gasteiger partial charge in [0.1, 0.15) is 6.54 Å². The molecule has 0 aliphatic carbocycles. The second-order valence-electron chi connectivity index (χ2n) is 6.56. The van der Waals surface area contributed by atoms with E-state index in [0.717, 1.165) is 5.56 Å². The fourth-order valence-corrected chi connectivity index (χ4v) is 5.23. The number of carbonyl (C=O) groups is 1. The molecular weight excluding hydrogens is 396 g/mol. The molecule has 3 aromatic rings. The molecule has 3 aromatic carbocycles. The smallest absolute Gasteiger partial charge is 0.244 e. The van der Waals surface area contributed by atoms with Crippen molar-refractivity contribution in [3.05, 3.63) is 77.3 Å². The average molecular weight is 413 g/mol. The van der Waals surface area contributed by atoms with Crippen LogP contribution in [-0.4, -0.2) is 20.9 Å². The number of anilines is 3. The van der Waals surface area contributed by atoms with Gasteiger partial charge in [0.15, 0.2) is 0 Å². The maximum absolute atomic E-state index is 12.9. The van der Waals surface area contributed by atoms with E-state index in [1.807, 2.05) is 13.0 Å². The number of nitrogens with one attached hydrogen (secondary N) is 1. The molecule has 0 unspecified atom stereocenters. The minimum atomic E-state index is -3.63. The number of amides is 1. The summed E-state index contributed by atoms with van der Waals surface area (Å²) in [7, 11) is -3.63. The van der Waals surface area contributed by atoms with Crippen LogP contribution >= 0.6 is 11.6 Å². The van der Waals surface area contributed by atoms with Crippen LogP contribution in [0.15, 0.2) is 76.5 Å². The number of hydrogen-bond acceptors (Lipinski definition) is 4. The number of nitrogens with zero attached hydrogens (tertiary/aromatic N) is 1. The van der Waals surface area contributed by atoms with Gasteiger partial charge in [-0.25, -0.2) is 8.42 Å². The normalized spacial score (nSPS) is 14.1. The predicted octanol–water partition coefficient (Wildman–Crippen LogP) is 4.57. The van der Waals surface area contributed by atoms with Gasteiger partial charge in [-0.2, -0.15) is 0 Å². The molecular formula is C21H17ClN2O3S. The predicted molar refractivity (Wildman–Crippen MR) is 110 cm³/mol. The largest absolute Gasteiger partial charge is 0.330 e. The molecule has 1 aliphatic rings. The van der Waals surface area contributed by atoms with Crippen molar-refractivity contribution in [2.45, 2.75) is 16.7 Å². The van der Waals surface area contributed by atoms with Crippen LogP contribution in [0.4, 0.5) is 17.1 Å². The van der Waals surface area contributed by atoms with Crippen LogP contribution in [0.2, 0.25) is 5.02 Å². The highest BCUT2D eigenvalue weighted by molar-refractivity contribution is 7.92. The first-order valence-electron chi connectivity index (χ1n) is 8.64. The van der Waals surface area contributed by atoms with E-state index in [2.05, 4.69) is 5.32 Å². The third-order valence-electron chi connectivity index (χ3n) is 4.59. The van der Waals surface area contributed by atoms with E-state index in [0.29, 0.717) is 22.1 Å². The third-order valence-corrected chi connectivity index (χ3v) is 6.75. The van der Waals surface area contributed by atoms with Gasteiger partial charge in [-0.1, -0.05) is 41.9 Å². The van der Waals surface area contributed by atoms with Crippen molar-refractivity contribution in [1.82, 2.24) is 0 Å². The quantitative estimate of drug-likeness (QED) is 0.684. The van der Waals surface area contributed by atoms with E-state index in [1.54, 1.807) is 65.6 Å². The number of sulfone groups is 1. The van der Waals surface area contributed by atoms with E-state index in [9.17, 15) is 13.2 Å². The van der Waals surface area contributed by atoms with E-state index in [-0.39, 0.29) is 22.2 Å². The van der Waals surface area contributed by atoms with Crippen LogP contribution in [0.5, 0.6) is 0 Å². The van der Waals surface area contributed by atoms with Crippen LogP contribution in [0, 0.1) is 6.92 Å². The fourth-order valence-electron chi connectivity index (χ4n) is 3.29. The molecule has 0 aromatic heterocycles. The van der Waals surface area contributed by atoms with Gasteiger partial charge >= 0.3 is 0 Å². The minimum absolute atomic E-state index is 0.0479. The Morgan fingerprint density at radius 2 is 1.54 bits per heavy atom. The maximum atomic E-state index is 12.9. The summed E-state index contributed by atoms with van der Waals surface area (Å²) in [5, 5.41) is 3.26. The maximum Gasteiger partial charge on any atom is 0.244 e. The Balaban J connectivity index is 1.71. The summed E-state index contributed by atoms with van der Waals surface area (Å²) in [6.07, 6.45) is 0. The molecule has 5 nitrogen and oxygen atoms in total. The van der Waals surface area contributed by atoms with Crippen LogP contribution in [0.3, 0.4) is 0 Å². The molecule has 0 saturated heterocycles. The molecule has 1 N–H and O–H groups in total. The summed E-state index contributed by atoms with van der Waals surface area (Å²) >= 11 is 6.21. The molecule has 0 bridgehead atoms. The van der Waals surface area contributed by atoms with E-state index in [4.69, 9.17) is 11.6 Å². The Bertz CT molecular complexity index is 1140. The zero-order valence-electron chi connectivity index (χ0n) is 15.0. The first-order valence-corrected chi connectivity index (χ1v) is 10.5. The highest BCUT2D eigenvalue weighted by Gasteiger charge is 2.34. The summed E-state index contributed by atoms with van der Waals surface area (Å²) in [4.78, 5) is 14.8. The average Bonchev–Trinajstić information content (AvgIpc) is 2.68. The molecule has 1 aliphatic heterocycles. The Kier molecular flexibility index (Phi) is 4.61. The third kappa shape index (κ3) is 3.15. The van der Waals surface area contributed by atoms with Crippen LogP contribution in [0.25, 0.3) is 0 Å². The van der Waals surface area contributed by atoms with Gasteiger partial charge in [0, 0.05) is 0 Å². The molecule has 7 heteroatoms. The molecule has 0 radical (unpaired) electrons. The van der Waals surface area contributed by atoms with E-state index in [1.165, 1.54) is 0 Å². The van der Waals surface area contributed by atoms with Gasteiger partial charge in [-0.15, -0.1) is 0 Å². The van der Waals surface area contributed by atoms with Crippen molar-refractivity contribution in [2.24, 2.45) is 0 Å². The van der Waals surface area contributed by atoms with Gasteiger partial charge in [0.25, 0.3) is 0 Å². The second-order valence-corrected chi connectivity index (χ2v) is 8.85. The lowest BCUT2D eigenvalue weighted by atomic mass is 10.2. The van der Waals surface area contributed by atoms with Gasteiger partial charge in [0.2, 0.25) is 15.7 Å². The van der Waals surface area contributed by atoms with Crippen molar-refractivity contribution in [1.29, 1.82) is 0 Å². The summed E-state index contributed by atoms with van der Waals surface area (Å²) in [6, 6.07) is 18.8.